The van der Waals surface area contributed by atoms with Gasteiger partial charge in [-0.3, -0.25) is 4.79 Å². The molecule has 0 saturated carbocycles. The van der Waals surface area contributed by atoms with Gasteiger partial charge in [0.15, 0.2) is 5.43 Å². The number of esters is 1. The van der Waals surface area contributed by atoms with E-state index >= 15 is 0 Å². The predicted octanol–water partition coefficient (Wildman–Crippen LogP) is 2.47. The maximum Gasteiger partial charge on any atom is 0.338 e. The van der Waals surface area contributed by atoms with Gasteiger partial charge in [-0.2, -0.15) is 0 Å². The molecule has 0 spiro atoms. The second-order valence-corrected chi connectivity index (χ2v) is 4.30. The number of halogens is 1. The van der Waals surface area contributed by atoms with Gasteiger partial charge in [-0.25, -0.2) is 4.79 Å². The Balaban J connectivity index is 2.66. The Morgan fingerprint density at radius 1 is 1.47 bits per heavy atom. The average molecular weight is 296 g/mol. The maximum atomic E-state index is 11.7. The highest BCUT2D eigenvalue weighted by molar-refractivity contribution is 9.10. The molecule has 17 heavy (non-hydrogen) atoms. The molecule has 0 bridgehead atoms. The lowest BCUT2D eigenvalue weighted by molar-refractivity contribution is 0.0526. The SMILES string of the molecule is CCOC(=O)c1cc(Br)c2[nH]ccc(=O)c2c1. The minimum Gasteiger partial charge on any atom is -0.462 e. The number of carbonyl (C=O) groups excluding carboxylic acids is 1. The van der Waals surface area contributed by atoms with Crippen LogP contribution >= 0.6 is 15.9 Å². The van der Waals surface area contributed by atoms with Gasteiger partial charge in [0, 0.05) is 22.1 Å². The molecule has 0 aliphatic carbocycles. The van der Waals surface area contributed by atoms with E-state index in [1.807, 2.05) is 0 Å². The summed E-state index contributed by atoms with van der Waals surface area (Å²) in [5.41, 5.74) is 0.902. The minimum atomic E-state index is -0.432. The monoisotopic (exact) mass is 295 g/mol. The highest BCUT2D eigenvalue weighted by Gasteiger charge is 2.11. The van der Waals surface area contributed by atoms with Crippen LogP contribution in [-0.2, 0) is 4.74 Å². The molecular weight excluding hydrogens is 286 g/mol. The zero-order chi connectivity index (χ0) is 12.4. The third kappa shape index (κ3) is 2.24. The van der Waals surface area contributed by atoms with Crippen LogP contribution < -0.4 is 5.43 Å². The Hall–Kier alpha value is -1.62. The first kappa shape index (κ1) is 11.9. The fourth-order valence-corrected chi connectivity index (χ4v) is 2.15. The predicted molar refractivity (Wildman–Crippen MR) is 68.2 cm³/mol. The number of carbonyl (C=O) groups is 1. The summed E-state index contributed by atoms with van der Waals surface area (Å²) in [6.07, 6.45) is 1.57. The summed E-state index contributed by atoms with van der Waals surface area (Å²) in [6, 6.07) is 4.59. The maximum absolute atomic E-state index is 11.7. The molecule has 2 rings (SSSR count). The molecule has 0 amide bonds. The summed E-state index contributed by atoms with van der Waals surface area (Å²) in [5, 5.41) is 0.463. The Bertz CT molecular complexity index is 633. The van der Waals surface area contributed by atoms with E-state index in [9.17, 15) is 9.59 Å². The number of pyridine rings is 1. The zero-order valence-corrected chi connectivity index (χ0v) is 10.7. The van der Waals surface area contributed by atoms with Crippen molar-refractivity contribution in [3.8, 4) is 0 Å². The van der Waals surface area contributed by atoms with Gasteiger partial charge in [-0.15, -0.1) is 0 Å². The zero-order valence-electron chi connectivity index (χ0n) is 9.12. The van der Waals surface area contributed by atoms with Crippen molar-refractivity contribution in [2.75, 3.05) is 6.61 Å². The third-order valence-corrected chi connectivity index (χ3v) is 2.95. The third-order valence-electron chi connectivity index (χ3n) is 2.33. The molecule has 0 unspecified atom stereocenters. The van der Waals surface area contributed by atoms with Gasteiger partial charge in [-0.1, -0.05) is 0 Å². The van der Waals surface area contributed by atoms with E-state index < -0.39 is 5.97 Å². The van der Waals surface area contributed by atoms with Gasteiger partial charge in [0.1, 0.15) is 0 Å². The molecule has 2 aromatic rings. The van der Waals surface area contributed by atoms with Crippen LogP contribution in [0.5, 0.6) is 0 Å². The number of fused-ring (bicyclic) bond motifs is 1. The van der Waals surface area contributed by atoms with Gasteiger partial charge >= 0.3 is 5.97 Å². The number of hydrogen-bond donors (Lipinski definition) is 1. The minimum absolute atomic E-state index is 0.134. The normalized spacial score (nSPS) is 10.5. The van der Waals surface area contributed by atoms with Crippen LogP contribution in [-0.4, -0.2) is 17.6 Å². The fraction of sp³-hybridized carbons (Fsp3) is 0.167. The Labute approximate surface area is 106 Å². The molecule has 5 heteroatoms. The summed E-state index contributed by atoms with van der Waals surface area (Å²) in [4.78, 5) is 26.2. The summed E-state index contributed by atoms with van der Waals surface area (Å²) in [7, 11) is 0. The van der Waals surface area contributed by atoms with Crippen LogP contribution in [0.2, 0.25) is 0 Å². The standard InChI is InChI=1S/C12H10BrNO3/c1-2-17-12(16)7-5-8-10(15)3-4-14-11(8)9(13)6-7/h3-6H,2H2,1H3,(H,14,15). The van der Waals surface area contributed by atoms with Crippen molar-refractivity contribution in [3.63, 3.8) is 0 Å². The quantitative estimate of drug-likeness (QED) is 0.866. The molecule has 0 aliphatic rings. The largest absolute Gasteiger partial charge is 0.462 e. The molecule has 0 saturated heterocycles. The Kier molecular flexibility index (Phi) is 3.28. The summed E-state index contributed by atoms with van der Waals surface area (Å²) in [5.74, 6) is -0.432. The van der Waals surface area contributed by atoms with E-state index in [-0.39, 0.29) is 5.43 Å². The molecule has 1 aromatic heterocycles. The van der Waals surface area contributed by atoms with Crippen LogP contribution in [0.4, 0.5) is 0 Å². The van der Waals surface area contributed by atoms with Crippen LogP contribution in [0.25, 0.3) is 10.9 Å². The van der Waals surface area contributed by atoms with Gasteiger partial charge in [-0.05, 0) is 35.0 Å². The van der Waals surface area contributed by atoms with Crippen molar-refractivity contribution in [2.24, 2.45) is 0 Å². The first-order valence-corrected chi connectivity index (χ1v) is 5.91. The van der Waals surface area contributed by atoms with Crippen LogP contribution in [0, 0.1) is 0 Å². The highest BCUT2D eigenvalue weighted by Crippen LogP contribution is 2.22. The van der Waals surface area contributed by atoms with E-state index in [1.165, 1.54) is 12.1 Å². The van der Waals surface area contributed by atoms with Crippen molar-refractivity contribution in [2.45, 2.75) is 6.92 Å². The van der Waals surface area contributed by atoms with E-state index in [0.29, 0.717) is 27.5 Å². The fourth-order valence-electron chi connectivity index (χ4n) is 1.57. The summed E-state index contributed by atoms with van der Waals surface area (Å²) in [6.45, 7) is 2.04. The number of ether oxygens (including phenoxy) is 1. The van der Waals surface area contributed by atoms with Crippen LogP contribution in [0.1, 0.15) is 17.3 Å². The van der Waals surface area contributed by atoms with Gasteiger partial charge < -0.3 is 9.72 Å². The number of aromatic nitrogens is 1. The Morgan fingerprint density at radius 3 is 2.94 bits per heavy atom. The molecule has 0 atom stereocenters. The first-order chi connectivity index (χ1) is 8.13. The van der Waals surface area contributed by atoms with Gasteiger partial charge in [0.05, 0.1) is 17.7 Å². The number of nitrogens with one attached hydrogen (secondary N) is 1. The van der Waals surface area contributed by atoms with Gasteiger partial charge in [0.25, 0.3) is 0 Å². The summed E-state index contributed by atoms with van der Waals surface area (Å²) < 4.78 is 5.56. The topological polar surface area (TPSA) is 59.2 Å². The van der Waals surface area contributed by atoms with Crippen LogP contribution in [0.3, 0.4) is 0 Å². The van der Waals surface area contributed by atoms with Crippen molar-refractivity contribution in [1.29, 1.82) is 0 Å². The number of H-pyrrole nitrogens is 1. The van der Waals surface area contributed by atoms with E-state index in [0.717, 1.165) is 0 Å². The van der Waals surface area contributed by atoms with Gasteiger partial charge in [0.2, 0.25) is 0 Å². The molecule has 4 nitrogen and oxygen atoms in total. The smallest absolute Gasteiger partial charge is 0.338 e. The molecule has 88 valence electrons. The lowest BCUT2D eigenvalue weighted by Crippen LogP contribution is -2.07. The van der Waals surface area contributed by atoms with E-state index in [1.54, 1.807) is 19.2 Å². The molecule has 1 N–H and O–H groups in total. The molecule has 0 radical (unpaired) electrons. The molecule has 1 aromatic carbocycles. The van der Waals surface area contributed by atoms with Crippen molar-refractivity contribution in [3.05, 3.63) is 44.7 Å². The molecule has 1 heterocycles. The second-order valence-electron chi connectivity index (χ2n) is 3.44. The summed E-state index contributed by atoms with van der Waals surface area (Å²) >= 11 is 3.32. The molecule has 0 aliphatic heterocycles. The Morgan fingerprint density at radius 2 is 2.24 bits per heavy atom. The average Bonchev–Trinajstić information content (AvgIpc) is 2.30. The first-order valence-electron chi connectivity index (χ1n) is 5.11. The second kappa shape index (κ2) is 4.71. The lowest BCUT2D eigenvalue weighted by Gasteiger charge is -2.05. The molecule has 0 fully saturated rings. The van der Waals surface area contributed by atoms with E-state index in [4.69, 9.17) is 4.74 Å². The number of aromatic amines is 1. The lowest BCUT2D eigenvalue weighted by atomic mass is 10.1. The van der Waals surface area contributed by atoms with E-state index in [2.05, 4.69) is 20.9 Å². The van der Waals surface area contributed by atoms with Crippen molar-refractivity contribution < 1.29 is 9.53 Å². The highest BCUT2D eigenvalue weighted by atomic mass is 79.9. The number of benzene rings is 1. The number of rotatable bonds is 2. The number of hydrogen-bond acceptors (Lipinski definition) is 3. The molecular formula is C12H10BrNO3. The van der Waals surface area contributed by atoms with Crippen LogP contribution in [0.15, 0.2) is 33.7 Å². The van der Waals surface area contributed by atoms with Crippen molar-refractivity contribution in [1.82, 2.24) is 4.98 Å². The van der Waals surface area contributed by atoms with Crippen molar-refractivity contribution >= 4 is 32.8 Å².